The second kappa shape index (κ2) is 16.9. The summed E-state index contributed by atoms with van der Waals surface area (Å²) in [5.74, 6) is -1.29. The van der Waals surface area contributed by atoms with Crippen molar-refractivity contribution in [3.05, 3.63) is 129 Å². The van der Waals surface area contributed by atoms with E-state index in [0.29, 0.717) is 6.54 Å². The number of carboxylic acids is 1. The summed E-state index contributed by atoms with van der Waals surface area (Å²) in [6.45, 7) is 6.33. The lowest BCUT2D eigenvalue weighted by atomic mass is 9.89. The van der Waals surface area contributed by atoms with E-state index in [1.807, 2.05) is 84.9 Å². The zero-order valence-corrected chi connectivity index (χ0v) is 29.1. The number of amides is 1. The molecule has 0 aromatic heterocycles. The molecular weight excluding hydrogens is 664 g/mol. The molecule has 4 aromatic rings. The number of nitrogens with zero attached hydrogens (tertiary/aromatic N) is 3. The number of hydrogen-bond donors (Lipinski definition) is 3. The van der Waals surface area contributed by atoms with E-state index < -0.39 is 12.3 Å². The molecule has 12 heteroatoms. The monoisotopic (exact) mass is 708 g/mol. The Kier molecular flexibility index (Phi) is 11.9. The van der Waals surface area contributed by atoms with Crippen LogP contribution in [0.3, 0.4) is 0 Å². The van der Waals surface area contributed by atoms with Crippen molar-refractivity contribution in [2.24, 2.45) is 5.92 Å². The first-order valence-corrected chi connectivity index (χ1v) is 17.6. The Balaban J connectivity index is 1.16. The predicted molar refractivity (Wildman–Crippen MR) is 195 cm³/mol. The smallest absolute Gasteiger partial charge is 0.303 e. The fourth-order valence-corrected chi connectivity index (χ4v) is 6.83. The van der Waals surface area contributed by atoms with Crippen molar-refractivity contribution in [3.63, 3.8) is 0 Å². The number of nitro benzene ring substituents is 1. The molecule has 272 valence electrons. The van der Waals surface area contributed by atoms with Crippen molar-refractivity contribution in [1.82, 2.24) is 10.2 Å². The van der Waals surface area contributed by atoms with Crippen LogP contribution >= 0.6 is 0 Å². The van der Waals surface area contributed by atoms with Gasteiger partial charge in [-0.2, -0.15) is 0 Å². The third-order valence-corrected chi connectivity index (χ3v) is 9.91. The molecule has 0 spiro atoms. The summed E-state index contributed by atoms with van der Waals surface area (Å²) in [5.41, 5.74) is 6.61. The maximum Gasteiger partial charge on any atom is 0.303 e. The van der Waals surface area contributed by atoms with E-state index in [0.717, 1.165) is 65.2 Å². The van der Waals surface area contributed by atoms with Gasteiger partial charge in [0.25, 0.3) is 5.69 Å². The van der Waals surface area contributed by atoms with Gasteiger partial charge in [0.2, 0.25) is 5.91 Å². The molecule has 4 unspecified atom stereocenters. The Morgan fingerprint density at radius 1 is 0.865 bits per heavy atom. The lowest BCUT2D eigenvalue weighted by molar-refractivity contribution is -0.384. The molecule has 0 saturated carbocycles. The number of anilines is 1. The highest BCUT2D eigenvalue weighted by Crippen LogP contribution is 2.42. The van der Waals surface area contributed by atoms with E-state index in [2.05, 4.69) is 22.0 Å². The normalized spacial score (nSPS) is 20.7. The van der Waals surface area contributed by atoms with Gasteiger partial charge in [-0.3, -0.25) is 24.6 Å². The van der Waals surface area contributed by atoms with E-state index in [9.17, 15) is 24.8 Å². The van der Waals surface area contributed by atoms with Gasteiger partial charge in [-0.05, 0) is 39.9 Å². The van der Waals surface area contributed by atoms with E-state index in [4.69, 9.17) is 14.6 Å². The van der Waals surface area contributed by atoms with Crippen molar-refractivity contribution in [1.29, 1.82) is 0 Å². The summed E-state index contributed by atoms with van der Waals surface area (Å²) in [5, 5.41) is 32.4. The molecule has 2 saturated heterocycles. The maximum absolute atomic E-state index is 12.2. The Morgan fingerprint density at radius 2 is 1.54 bits per heavy atom. The van der Waals surface area contributed by atoms with E-state index in [1.54, 1.807) is 12.1 Å². The van der Waals surface area contributed by atoms with Gasteiger partial charge >= 0.3 is 5.97 Å². The highest BCUT2D eigenvalue weighted by atomic mass is 16.7. The Hall–Kier alpha value is -5.14. The molecule has 0 radical (unpaired) electrons. The van der Waals surface area contributed by atoms with Crippen LogP contribution in [0.1, 0.15) is 54.4 Å². The predicted octanol–water partition coefficient (Wildman–Crippen LogP) is 5.85. The van der Waals surface area contributed by atoms with Gasteiger partial charge in [0.15, 0.2) is 6.29 Å². The summed E-state index contributed by atoms with van der Waals surface area (Å²) in [6.07, 6.45) is -1.29. The Bertz CT molecular complexity index is 1830. The molecule has 2 heterocycles. The molecule has 4 atom stereocenters. The third-order valence-electron chi connectivity index (χ3n) is 9.91. The first-order valence-electron chi connectivity index (χ1n) is 17.6. The van der Waals surface area contributed by atoms with Gasteiger partial charge in [0.05, 0.1) is 30.2 Å². The largest absolute Gasteiger partial charge is 0.481 e. The van der Waals surface area contributed by atoms with Gasteiger partial charge in [0, 0.05) is 75.0 Å². The molecule has 3 N–H and O–H groups in total. The second-order valence-corrected chi connectivity index (χ2v) is 13.3. The van der Waals surface area contributed by atoms with Gasteiger partial charge in [0.1, 0.15) is 0 Å². The Labute approximate surface area is 302 Å². The van der Waals surface area contributed by atoms with Crippen molar-refractivity contribution in [2.45, 2.75) is 51.4 Å². The number of rotatable bonds is 13. The van der Waals surface area contributed by atoms with Gasteiger partial charge < -0.3 is 29.9 Å². The van der Waals surface area contributed by atoms with Crippen LogP contribution in [0.25, 0.3) is 11.1 Å². The molecule has 4 aromatic carbocycles. The number of nitrogens with one attached hydrogen (secondary N) is 1. The van der Waals surface area contributed by atoms with Crippen molar-refractivity contribution in [2.75, 3.05) is 37.6 Å². The number of carbonyl (C=O) groups is 2. The van der Waals surface area contributed by atoms with Crippen LogP contribution in [0.4, 0.5) is 11.4 Å². The number of non-ortho nitro benzene ring substituents is 1. The van der Waals surface area contributed by atoms with Gasteiger partial charge in [-0.25, -0.2) is 0 Å². The minimum Gasteiger partial charge on any atom is -0.481 e. The minimum atomic E-state index is -1.01. The topological polar surface area (TPSA) is 155 Å². The minimum absolute atomic E-state index is 0.0285. The average Bonchev–Trinajstić information content (AvgIpc) is 3.17. The number of ether oxygens (including phenoxy) is 2. The summed E-state index contributed by atoms with van der Waals surface area (Å²) in [4.78, 5) is 38.4. The van der Waals surface area contributed by atoms with Crippen LogP contribution in [0, 0.1) is 16.0 Å². The third kappa shape index (κ3) is 9.01. The number of carboxylic acid groups (broad SMARTS) is 1. The lowest BCUT2D eigenvalue weighted by Crippen LogP contribution is -2.51. The number of aliphatic hydroxyl groups excluding tert-OH is 1. The molecule has 6 rings (SSSR count). The van der Waals surface area contributed by atoms with Gasteiger partial charge in [-0.15, -0.1) is 0 Å². The number of aliphatic hydroxyl groups is 1. The van der Waals surface area contributed by atoms with E-state index in [-0.39, 0.29) is 60.6 Å². The van der Waals surface area contributed by atoms with Crippen LogP contribution < -0.4 is 10.2 Å². The molecule has 0 bridgehead atoms. The zero-order valence-electron chi connectivity index (χ0n) is 29.1. The molecule has 1 amide bonds. The number of nitro groups is 1. The van der Waals surface area contributed by atoms with Crippen LogP contribution in [-0.2, 0) is 32.2 Å². The van der Waals surface area contributed by atoms with Crippen molar-refractivity contribution in [3.8, 4) is 11.1 Å². The molecule has 12 nitrogen and oxygen atoms in total. The van der Waals surface area contributed by atoms with Crippen molar-refractivity contribution >= 4 is 23.3 Å². The first kappa shape index (κ1) is 36.6. The van der Waals surface area contributed by atoms with Crippen LogP contribution in [0.5, 0.6) is 0 Å². The number of piperazine rings is 1. The van der Waals surface area contributed by atoms with Crippen LogP contribution in [0.2, 0.25) is 0 Å². The van der Waals surface area contributed by atoms with Crippen molar-refractivity contribution < 1.29 is 34.2 Å². The van der Waals surface area contributed by atoms with Gasteiger partial charge in [-0.1, -0.05) is 79.7 Å². The summed E-state index contributed by atoms with van der Waals surface area (Å²) in [6, 6.07) is 30.4. The molecule has 2 fully saturated rings. The molecule has 52 heavy (non-hydrogen) atoms. The van der Waals surface area contributed by atoms with E-state index in [1.165, 1.54) is 0 Å². The zero-order chi connectivity index (χ0) is 36.6. The summed E-state index contributed by atoms with van der Waals surface area (Å²) < 4.78 is 13.4. The SMILES string of the molecule is CC1C(CN2CCN(c3ccc([N+](=O)[O-])cc3)CC2)OC(c2ccc(-c3ccccc3CNC(=O)CCC(=O)O)cc2)OC1c1ccc(CO)cc1. The summed E-state index contributed by atoms with van der Waals surface area (Å²) >= 11 is 0. The first-order chi connectivity index (χ1) is 25.2. The average molecular weight is 709 g/mol. The lowest BCUT2D eigenvalue weighted by Gasteiger charge is -2.44. The molecule has 0 aliphatic carbocycles. The molecular formula is C40H44N4O8. The van der Waals surface area contributed by atoms with Crippen LogP contribution in [0.15, 0.2) is 97.1 Å². The standard InChI is InChI=1S/C40H44N4O8/c1-27-36(25-42-20-22-43(23-21-42)33-14-16-34(17-15-33)44(49)50)51-40(52-39(27)30-8-6-28(26-45)7-9-30)31-12-10-29(11-13-31)35-5-3-2-4-32(35)24-41-37(46)18-19-38(47)48/h2-17,27,36,39-40,45H,18-26H2,1H3,(H,41,46)(H,47,48). The maximum atomic E-state index is 12.2. The second-order valence-electron chi connectivity index (χ2n) is 13.3. The number of carbonyl (C=O) groups excluding carboxylic acids is 1. The highest BCUT2D eigenvalue weighted by molar-refractivity contribution is 5.81. The Morgan fingerprint density at radius 3 is 2.19 bits per heavy atom. The van der Waals surface area contributed by atoms with Crippen LogP contribution in [-0.4, -0.2) is 70.7 Å². The number of aliphatic carboxylic acids is 1. The fourth-order valence-electron chi connectivity index (χ4n) is 6.83. The number of benzene rings is 4. The summed E-state index contributed by atoms with van der Waals surface area (Å²) in [7, 11) is 0. The highest BCUT2D eigenvalue weighted by Gasteiger charge is 2.39. The fraction of sp³-hybridized carbons (Fsp3) is 0.350. The molecule has 2 aliphatic rings. The van der Waals surface area contributed by atoms with E-state index >= 15 is 0 Å². The number of hydrogen-bond acceptors (Lipinski definition) is 9. The quantitative estimate of drug-likeness (QED) is 0.114. The molecule has 2 aliphatic heterocycles.